The fraction of sp³-hybridized carbons (Fsp3) is 0.167. The number of aromatic nitrogens is 2. The number of hydrogen-bond donors (Lipinski definition) is 1. The molecule has 1 N–H and O–H groups in total. The van der Waals surface area contributed by atoms with Gasteiger partial charge in [-0.1, -0.05) is 36.4 Å². The van der Waals surface area contributed by atoms with Crippen molar-refractivity contribution in [2.75, 3.05) is 6.26 Å². The minimum absolute atomic E-state index is 0.230. The van der Waals surface area contributed by atoms with Gasteiger partial charge in [0, 0.05) is 30.6 Å². The molecule has 6 heteroatoms. The van der Waals surface area contributed by atoms with E-state index in [1.165, 1.54) is 6.26 Å². The van der Waals surface area contributed by atoms with Crippen molar-refractivity contribution in [3.05, 3.63) is 77.9 Å². The van der Waals surface area contributed by atoms with Crippen LogP contribution in [0.1, 0.15) is 17.0 Å². The number of nitrogens with zero attached hydrogens (tertiary/aromatic N) is 2. The highest BCUT2D eigenvalue weighted by Crippen LogP contribution is 2.21. The second-order valence-corrected chi connectivity index (χ2v) is 7.64. The van der Waals surface area contributed by atoms with Crippen LogP contribution in [0, 0.1) is 0 Å². The molecular weight excluding hydrogens is 324 g/mol. The van der Waals surface area contributed by atoms with Gasteiger partial charge in [-0.2, -0.15) is 0 Å². The van der Waals surface area contributed by atoms with E-state index in [0.717, 1.165) is 11.4 Å². The summed E-state index contributed by atoms with van der Waals surface area (Å²) in [4.78, 5) is 4.67. The maximum atomic E-state index is 11.9. The van der Waals surface area contributed by atoms with Crippen LogP contribution < -0.4 is 0 Å². The van der Waals surface area contributed by atoms with Crippen molar-refractivity contribution in [3.8, 4) is 5.75 Å². The molecule has 5 nitrogen and oxygen atoms in total. The van der Waals surface area contributed by atoms with Gasteiger partial charge in [0.15, 0.2) is 9.84 Å². The first-order valence-corrected chi connectivity index (χ1v) is 9.39. The lowest BCUT2D eigenvalue weighted by Crippen LogP contribution is -2.08. The molecule has 0 unspecified atom stereocenters. The molecule has 0 saturated heterocycles. The topological polar surface area (TPSA) is 72.2 Å². The van der Waals surface area contributed by atoms with E-state index in [0.29, 0.717) is 23.4 Å². The number of rotatable bonds is 5. The van der Waals surface area contributed by atoms with E-state index in [-0.39, 0.29) is 5.75 Å². The van der Waals surface area contributed by atoms with Crippen molar-refractivity contribution >= 4 is 9.84 Å². The van der Waals surface area contributed by atoms with E-state index < -0.39 is 9.84 Å². The van der Waals surface area contributed by atoms with Crippen LogP contribution >= 0.6 is 0 Å². The first kappa shape index (κ1) is 16.3. The summed E-state index contributed by atoms with van der Waals surface area (Å²) in [5.74, 6) is 0.975. The first-order chi connectivity index (χ1) is 11.4. The second-order valence-electron chi connectivity index (χ2n) is 5.66. The predicted molar refractivity (Wildman–Crippen MR) is 91.8 cm³/mol. The van der Waals surface area contributed by atoms with E-state index in [1.54, 1.807) is 36.5 Å². The largest absolute Gasteiger partial charge is 0.508 e. The molecule has 3 aromatic rings. The quantitative estimate of drug-likeness (QED) is 0.774. The van der Waals surface area contributed by atoms with Gasteiger partial charge in [-0.25, -0.2) is 13.4 Å². The van der Waals surface area contributed by atoms with Gasteiger partial charge in [0.2, 0.25) is 0 Å². The van der Waals surface area contributed by atoms with Crippen LogP contribution in [0.4, 0.5) is 0 Å². The highest BCUT2D eigenvalue weighted by atomic mass is 32.2. The number of phenolic OH excluding ortho intramolecular Hbond substituents is 1. The zero-order chi connectivity index (χ0) is 17.2. The molecule has 0 saturated carbocycles. The Morgan fingerprint density at radius 1 is 1.04 bits per heavy atom. The normalized spacial score (nSPS) is 11.5. The molecule has 0 fully saturated rings. The lowest BCUT2D eigenvalue weighted by Gasteiger charge is -2.11. The SMILES string of the molecule is CS(=O)(=O)c1ccccc1Cc1nccn1Cc1ccccc1O. The molecule has 0 atom stereocenters. The maximum Gasteiger partial charge on any atom is 0.175 e. The molecule has 124 valence electrons. The Labute approximate surface area is 141 Å². The number of sulfone groups is 1. The van der Waals surface area contributed by atoms with Crippen LogP contribution in [-0.2, 0) is 22.8 Å². The monoisotopic (exact) mass is 342 g/mol. The fourth-order valence-electron chi connectivity index (χ4n) is 2.66. The lowest BCUT2D eigenvalue weighted by molar-refractivity contribution is 0.465. The van der Waals surface area contributed by atoms with Crippen LogP contribution in [0.3, 0.4) is 0 Å². The summed E-state index contributed by atoms with van der Waals surface area (Å²) >= 11 is 0. The van der Waals surface area contributed by atoms with Gasteiger partial charge in [0.25, 0.3) is 0 Å². The predicted octanol–water partition coefficient (Wildman–Crippen LogP) is 2.63. The minimum atomic E-state index is -3.29. The van der Waals surface area contributed by atoms with Crippen molar-refractivity contribution in [2.24, 2.45) is 0 Å². The molecule has 3 rings (SSSR count). The zero-order valence-corrected chi connectivity index (χ0v) is 14.1. The molecule has 0 bridgehead atoms. The van der Waals surface area contributed by atoms with Crippen LogP contribution in [0.2, 0.25) is 0 Å². The van der Waals surface area contributed by atoms with Crippen LogP contribution in [0.25, 0.3) is 0 Å². The Kier molecular flexibility index (Phi) is 4.40. The van der Waals surface area contributed by atoms with Crippen LogP contribution in [-0.4, -0.2) is 29.3 Å². The Hall–Kier alpha value is -2.60. The summed E-state index contributed by atoms with van der Waals surface area (Å²) < 4.78 is 25.8. The third-order valence-corrected chi connectivity index (χ3v) is 5.05. The molecule has 2 aromatic carbocycles. The highest BCUT2D eigenvalue weighted by Gasteiger charge is 2.15. The van der Waals surface area contributed by atoms with E-state index in [1.807, 2.05) is 29.0 Å². The number of phenols is 1. The molecule has 0 aliphatic heterocycles. The van der Waals surface area contributed by atoms with Gasteiger partial charge in [0.1, 0.15) is 11.6 Å². The summed E-state index contributed by atoms with van der Waals surface area (Å²) in [6, 6.07) is 14.1. The molecular formula is C18H18N2O3S. The maximum absolute atomic E-state index is 11.9. The number of para-hydroxylation sites is 1. The summed E-state index contributed by atoms with van der Waals surface area (Å²) in [6.45, 7) is 0.475. The Bertz CT molecular complexity index is 962. The molecule has 0 aliphatic carbocycles. The van der Waals surface area contributed by atoms with Crippen LogP contribution in [0.5, 0.6) is 5.75 Å². The van der Waals surface area contributed by atoms with Crippen molar-refractivity contribution < 1.29 is 13.5 Å². The van der Waals surface area contributed by atoms with Gasteiger partial charge in [0.05, 0.1) is 11.4 Å². The molecule has 0 radical (unpaired) electrons. The molecule has 1 heterocycles. The van der Waals surface area contributed by atoms with E-state index >= 15 is 0 Å². The Balaban J connectivity index is 1.92. The third-order valence-electron chi connectivity index (χ3n) is 3.85. The summed E-state index contributed by atoms with van der Waals surface area (Å²) in [7, 11) is -3.29. The average Bonchev–Trinajstić information content (AvgIpc) is 2.96. The first-order valence-electron chi connectivity index (χ1n) is 7.50. The van der Waals surface area contributed by atoms with E-state index in [4.69, 9.17) is 0 Å². The number of imidazole rings is 1. The third kappa shape index (κ3) is 3.49. The summed E-state index contributed by atoms with van der Waals surface area (Å²) in [5, 5.41) is 9.93. The average molecular weight is 342 g/mol. The molecule has 0 spiro atoms. The van der Waals surface area contributed by atoms with Crippen molar-refractivity contribution in [1.29, 1.82) is 0 Å². The smallest absolute Gasteiger partial charge is 0.175 e. The zero-order valence-electron chi connectivity index (χ0n) is 13.3. The number of benzene rings is 2. The molecule has 0 amide bonds. The van der Waals surface area contributed by atoms with Crippen molar-refractivity contribution in [2.45, 2.75) is 17.9 Å². The standard InChI is InChI=1S/C18H18N2O3S/c1-24(22,23)17-9-5-3-6-14(17)12-18-19-10-11-20(18)13-15-7-2-4-8-16(15)21/h2-11,21H,12-13H2,1H3. The fourth-order valence-corrected chi connectivity index (χ4v) is 3.60. The number of hydrogen-bond acceptors (Lipinski definition) is 4. The minimum Gasteiger partial charge on any atom is -0.508 e. The summed E-state index contributed by atoms with van der Waals surface area (Å²) in [6.07, 6.45) is 5.12. The van der Waals surface area contributed by atoms with Gasteiger partial charge in [-0.05, 0) is 17.7 Å². The molecule has 24 heavy (non-hydrogen) atoms. The van der Waals surface area contributed by atoms with Gasteiger partial charge in [-0.3, -0.25) is 0 Å². The van der Waals surface area contributed by atoms with Gasteiger partial charge < -0.3 is 9.67 Å². The van der Waals surface area contributed by atoms with E-state index in [2.05, 4.69) is 4.98 Å². The Morgan fingerprint density at radius 2 is 1.71 bits per heavy atom. The van der Waals surface area contributed by atoms with Crippen LogP contribution in [0.15, 0.2) is 65.8 Å². The van der Waals surface area contributed by atoms with E-state index in [9.17, 15) is 13.5 Å². The number of aromatic hydroxyl groups is 1. The van der Waals surface area contributed by atoms with Crippen molar-refractivity contribution in [3.63, 3.8) is 0 Å². The lowest BCUT2D eigenvalue weighted by atomic mass is 10.1. The Morgan fingerprint density at radius 3 is 2.42 bits per heavy atom. The molecule has 0 aliphatic rings. The van der Waals surface area contributed by atoms with Gasteiger partial charge >= 0.3 is 0 Å². The second kappa shape index (κ2) is 6.49. The van der Waals surface area contributed by atoms with Gasteiger partial charge in [-0.15, -0.1) is 0 Å². The molecule has 1 aromatic heterocycles. The summed E-state index contributed by atoms with van der Waals surface area (Å²) in [5.41, 5.74) is 1.50. The van der Waals surface area contributed by atoms with Crippen molar-refractivity contribution in [1.82, 2.24) is 9.55 Å². The highest BCUT2D eigenvalue weighted by molar-refractivity contribution is 7.90.